The van der Waals surface area contributed by atoms with Gasteiger partial charge in [-0.05, 0) is 78.5 Å². The largest absolute Gasteiger partial charge is 0.385 e. The Kier molecular flexibility index (Phi) is 11.6. The number of hydrogen-bond donors (Lipinski definition) is 0. The van der Waals surface area contributed by atoms with Crippen LogP contribution in [0.2, 0.25) is 18.1 Å². The van der Waals surface area contributed by atoms with Crippen molar-refractivity contribution in [3.8, 4) is 11.1 Å². The third-order valence-electron chi connectivity index (χ3n) is 9.56. The summed E-state index contributed by atoms with van der Waals surface area (Å²) in [7, 11) is 1.43. The molecular formula is C34H52OSi. The second-order valence-electron chi connectivity index (χ2n) is 12.1. The minimum atomic E-state index is -0.345. The monoisotopic (exact) mass is 504 g/mol. The fourth-order valence-corrected chi connectivity index (χ4v) is 10.6. The summed E-state index contributed by atoms with van der Waals surface area (Å²) in [5, 5.41) is 0. The fourth-order valence-electron chi connectivity index (χ4n) is 7.10. The van der Waals surface area contributed by atoms with Crippen molar-refractivity contribution < 1.29 is 4.74 Å². The summed E-state index contributed by atoms with van der Waals surface area (Å²) < 4.78 is 5.17. The van der Waals surface area contributed by atoms with Gasteiger partial charge < -0.3 is 4.74 Å². The molecular weight excluding hydrogens is 452 g/mol. The quantitative estimate of drug-likeness (QED) is 0.195. The summed E-state index contributed by atoms with van der Waals surface area (Å²) >= 11 is 0. The van der Waals surface area contributed by atoms with Crippen LogP contribution in [0.1, 0.15) is 88.7 Å². The van der Waals surface area contributed by atoms with E-state index in [2.05, 4.69) is 55.5 Å². The van der Waals surface area contributed by atoms with Gasteiger partial charge in [0.05, 0.1) is 0 Å². The summed E-state index contributed by atoms with van der Waals surface area (Å²) in [6.45, 7) is 3.18. The van der Waals surface area contributed by atoms with Gasteiger partial charge in [-0.1, -0.05) is 119 Å². The molecule has 0 N–H and O–H groups in total. The van der Waals surface area contributed by atoms with Crippen molar-refractivity contribution in [3.05, 3.63) is 59.7 Å². The van der Waals surface area contributed by atoms with Gasteiger partial charge in [0.15, 0.2) is 0 Å². The van der Waals surface area contributed by atoms with E-state index in [0.717, 1.165) is 37.2 Å². The summed E-state index contributed by atoms with van der Waals surface area (Å²) in [5.41, 5.74) is 5.58. The highest BCUT2D eigenvalue weighted by atomic mass is 28.3. The molecule has 0 radical (unpaired) electrons. The molecule has 1 aliphatic carbocycles. The Balaban J connectivity index is 1.14. The first-order valence-electron chi connectivity index (χ1n) is 15.4. The maximum atomic E-state index is 5.17. The highest BCUT2D eigenvalue weighted by molar-refractivity contribution is 6.58. The van der Waals surface area contributed by atoms with Crippen molar-refractivity contribution in [1.82, 2.24) is 0 Å². The van der Waals surface area contributed by atoms with Crippen molar-refractivity contribution in [3.63, 3.8) is 0 Å². The van der Waals surface area contributed by atoms with E-state index in [-0.39, 0.29) is 8.80 Å². The van der Waals surface area contributed by atoms with Gasteiger partial charge in [-0.2, -0.15) is 0 Å². The van der Waals surface area contributed by atoms with Crippen molar-refractivity contribution >= 4 is 8.80 Å². The molecule has 0 amide bonds. The van der Waals surface area contributed by atoms with E-state index in [9.17, 15) is 0 Å². The topological polar surface area (TPSA) is 9.23 Å². The van der Waals surface area contributed by atoms with Gasteiger partial charge >= 0.3 is 0 Å². The second kappa shape index (κ2) is 15.1. The molecule has 1 aliphatic heterocycles. The van der Waals surface area contributed by atoms with Crippen molar-refractivity contribution in [1.29, 1.82) is 0 Å². The molecule has 36 heavy (non-hydrogen) atoms. The SMILES string of the molecule is CCCCC[SiH]1CCC(C2CCC(CCc3ccc(-c4ccc(CCCOC)cc4)cc3)CC2)CC1. The molecule has 2 aromatic rings. The molecule has 1 saturated heterocycles. The number of methoxy groups -OCH3 is 1. The maximum absolute atomic E-state index is 5.17. The minimum absolute atomic E-state index is 0.345. The van der Waals surface area contributed by atoms with Gasteiger partial charge in [-0.15, -0.1) is 0 Å². The fraction of sp³-hybridized carbons (Fsp3) is 0.647. The summed E-state index contributed by atoms with van der Waals surface area (Å²) in [6, 6.07) is 23.5. The lowest BCUT2D eigenvalue weighted by molar-refractivity contribution is 0.186. The van der Waals surface area contributed by atoms with Gasteiger partial charge in [-0.3, -0.25) is 0 Å². The average Bonchev–Trinajstić information content (AvgIpc) is 2.94. The summed E-state index contributed by atoms with van der Waals surface area (Å²) in [5.74, 6) is 3.12. The molecule has 4 rings (SSSR count). The third-order valence-corrected chi connectivity index (χ3v) is 13.1. The van der Waals surface area contributed by atoms with Crippen molar-refractivity contribution in [2.75, 3.05) is 13.7 Å². The van der Waals surface area contributed by atoms with Crippen LogP contribution in [0.25, 0.3) is 11.1 Å². The molecule has 0 bridgehead atoms. The Labute approximate surface area is 224 Å². The molecule has 1 heterocycles. The van der Waals surface area contributed by atoms with E-state index in [1.807, 2.05) is 0 Å². The predicted octanol–water partition coefficient (Wildman–Crippen LogP) is 9.50. The lowest BCUT2D eigenvalue weighted by Gasteiger charge is -2.37. The Morgan fingerprint density at radius 3 is 1.86 bits per heavy atom. The Morgan fingerprint density at radius 1 is 0.694 bits per heavy atom. The zero-order chi connectivity index (χ0) is 25.0. The van der Waals surface area contributed by atoms with Gasteiger partial charge in [0.2, 0.25) is 0 Å². The smallest absolute Gasteiger partial charge is 0.0465 e. The van der Waals surface area contributed by atoms with E-state index in [1.54, 1.807) is 38.1 Å². The number of ether oxygens (including phenoxy) is 1. The number of benzene rings is 2. The first-order valence-corrected chi connectivity index (χ1v) is 17.9. The number of aryl methyl sites for hydroxylation is 2. The average molecular weight is 505 g/mol. The van der Waals surface area contributed by atoms with Crippen LogP contribution in [-0.2, 0) is 17.6 Å². The number of hydrogen-bond acceptors (Lipinski definition) is 1. The van der Waals surface area contributed by atoms with Crippen LogP contribution in [0, 0.1) is 17.8 Å². The lowest BCUT2D eigenvalue weighted by Crippen LogP contribution is -2.28. The van der Waals surface area contributed by atoms with Crippen LogP contribution in [0.5, 0.6) is 0 Å². The molecule has 2 aliphatic rings. The van der Waals surface area contributed by atoms with Gasteiger partial charge in [0.1, 0.15) is 0 Å². The Hall–Kier alpha value is -1.38. The van der Waals surface area contributed by atoms with E-state index in [0.29, 0.717) is 0 Å². The molecule has 0 unspecified atom stereocenters. The first kappa shape index (κ1) is 27.6. The molecule has 2 fully saturated rings. The molecule has 2 aromatic carbocycles. The zero-order valence-electron chi connectivity index (χ0n) is 23.4. The number of unbranched alkanes of at least 4 members (excludes halogenated alkanes) is 2. The van der Waals surface area contributed by atoms with Gasteiger partial charge in [0.25, 0.3) is 0 Å². The molecule has 0 aromatic heterocycles. The highest BCUT2D eigenvalue weighted by Crippen LogP contribution is 2.42. The van der Waals surface area contributed by atoms with Crippen LogP contribution in [0.4, 0.5) is 0 Å². The summed E-state index contributed by atoms with van der Waals surface area (Å²) in [4.78, 5) is 0. The van der Waals surface area contributed by atoms with Gasteiger partial charge in [-0.25, -0.2) is 0 Å². The Bertz CT molecular complexity index is 842. The summed E-state index contributed by atoms with van der Waals surface area (Å²) in [6.07, 6.45) is 18.5. The molecule has 1 saturated carbocycles. The van der Waals surface area contributed by atoms with Crippen LogP contribution in [0.3, 0.4) is 0 Å². The van der Waals surface area contributed by atoms with E-state index < -0.39 is 0 Å². The van der Waals surface area contributed by atoms with E-state index in [1.165, 1.54) is 80.0 Å². The molecule has 2 heteroatoms. The zero-order valence-corrected chi connectivity index (χ0v) is 24.5. The normalized spacial score (nSPS) is 24.6. The highest BCUT2D eigenvalue weighted by Gasteiger charge is 2.30. The minimum Gasteiger partial charge on any atom is -0.385 e. The van der Waals surface area contributed by atoms with Crippen LogP contribution < -0.4 is 0 Å². The van der Waals surface area contributed by atoms with Crippen LogP contribution in [0.15, 0.2) is 48.5 Å². The second-order valence-corrected chi connectivity index (χ2v) is 15.6. The van der Waals surface area contributed by atoms with Crippen LogP contribution in [-0.4, -0.2) is 22.5 Å². The van der Waals surface area contributed by atoms with Crippen molar-refractivity contribution in [2.24, 2.45) is 17.8 Å². The van der Waals surface area contributed by atoms with Gasteiger partial charge in [0, 0.05) is 22.5 Å². The van der Waals surface area contributed by atoms with Crippen LogP contribution >= 0.6 is 0 Å². The third kappa shape index (κ3) is 8.59. The molecule has 0 atom stereocenters. The number of rotatable bonds is 13. The lowest BCUT2D eigenvalue weighted by atomic mass is 9.73. The van der Waals surface area contributed by atoms with E-state index >= 15 is 0 Å². The molecule has 0 spiro atoms. The molecule has 198 valence electrons. The van der Waals surface area contributed by atoms with E-state index in [4.69, 9.17) is 4.74 Å². The molecule has 1 nitrogen and oxygen atoms in total. The standard InChI is InChI=1S/C34H52OSi/c1-3-4-5-25-36-26-22-34(23-27-36)33-20-14-30(15-21-33)9-8-29-12-18-32(19-13-29)31-16-10-28(11-17-31)7-6-24-35-2/h10-13,16-19,30,33-34,36H,3-9,14-15,20-27H2,1-2H3. The maximum Gasteiger partial charge on any atom is 0.0465 e. The Morgan fingerprint density at radius 2 is 1.28 bits per heavy atom. The van der Waals surface area contributed by atoms with Crippen molar-refractivity contribution in [2.45, 2.75) is 109 Å². The first-order chi connectivity index (χ1) is 17.7. The predicted molar refractivity (Wildman–Crippen MR) is 160 cm³/mol.